The van der Waals surface area contributed by atoms with Crippen LogP contribution in [0.2, 0.25) is 0 Å². The van der Waals surface area contributed by atoms with Gasteiger partial charge in [-0.25, -0.2) is 4.57 Å². The van der Waals surface area contributed by atoms with E-state index in [0.29, 0.717) is 6.42 Å². The molecular formula is C32H61N2O6P. The minimum absolute atomic E-state index is 0.0717. The fourth-order valence-electron chi connectivity index (χ4n) is 4.34. The molecular weight excluding hydrogens is 539 g/mol. The van der Waals surface area contributed by atoms with Crippen molar-refractivity contribution in [2.45, 2.75) is 142 Å². The molecule has 0 radical (unpaired) electrons. The molecule has 0 aliphatic rings. The summed E-state index contributed by atoms with van der Waals surface area (Å²) < 4.78 is 21.9. The van der Waals surface area contributed by atoms with Crippen LogP contribution in [-0.4, -0.2) is 47.8 Å². The van der Waals surface area contributed by atoms with Gasteiger partial charge in [0.1, 0.15) is 0 Å². The van der Waals surface area contributed by atoms with Crippen LogP contribution in [0.15, 0.2) is 36.5 Å². The number of carbonyl (C=O) groups excluding carboxylic acids is 1. The highest BCUT2D eigenvalue weighted by Gasteiger charge is 2.26. The average Bonchev–Trinajstić information content (AvgIpc) is 2.95. The summed E-state index contributed by atoms with van der Waals surface area (Å²) in [7, 11) is -4.33. The molecule has 0 fully saturated rings. The summed E-state index contributed by atoms with van der Waals surface area (Å²) in [6.45, 7) is 3.83. The summed E-state index contributed by atoms with van der Waals surface area (Å²) in [5.41, 5.74) is 5.32. The van der Waals surface area contributed by atoms with Gasteiger partial charge in [-0.1, -0.05) is 120 Å². The first-order valence-electron chi connectivity index (χ1n) is 16.1. The van der Waals surface area contributed by atoms with Crippen LogP contribution in [0.4, 0.5) is 0 Å². The van der Waals surface area contributed by atoms with Crippen LogP contribution in [0.25, 0.3) is 0 Å². The third-order valence-corrected chi connectivity index (χ3v) is 7.78. The maximum atomic E-state index is 12.6. The van der Waals surface area contributed by atoms with E-state index in [1.54, 1.807) is 6.08 Å². The fourth-order valence-corrected chi connectivity index (χ4v) is 5.10. The predicted molar refractivity (Wildman–Crippen MR) is 171 cm³/mol. The monoisotopic (exact) mass is 600 g/mol. The van der Waals surface area contributed by atoms with Gasteiger partial charge in [0.2, 0.25) is 5.91 Å². The van der Waals surface area contributed by atoms with Crippen molar-refractivity contribution in [3.05, 3.63) is 36.5 Å². The highest BCUT2D eigenvalue weighted by molar-refractivity contribution is 7.47. The molecule has 41 heavy (non-hydrogen) atoms. The Bertz CT molecular complexity index is 744. The number of aliphatic hydroxyl groups excluding tert-OH is 1. The van der Waals surface area contributed by atoms with E-state index in [4.69, 9.17) is 14.8 Å². The minimum Gasteiger partial charge on any atom is -0.387 e. The van der Waals surface area contributed by atoms with Crippen molar-refractivity contribution < 1.29 is 28.4 Å². The molecule has 0 bridgehead atoms. The number of hydrogen-bond donors (Lipinski definition) is 4. The SMILES string of the molecule is C/C=C/CC/C=C/CC/C=C/C(O)C(COP(=O)(O)OCCN)NC(=O)CCCCCCCCCCCCCCC. The Kier molecular flexibility index (Phi) is 27.9. The lowest BCUT2D eigenvalue weighted by Crippen LogP contribution is -2.45. The second-order valence-electron chi connectivity index (χ2n) is 10.7. The highest BCUT2D eigenvalue weighted by atomic mass is 31.2. The molecule has 5 N–H and O–H groups in total. The highest BCUT2D eigenvalue weighted by Crippen LogP contribution is 2.43. The first kappa shape index (κ1) is 39.7. The summed E-state index contributed by atoms with van der Waals surface area (Å²) in [4.78, 5) is 22.4. The van der Waals surface area contributed by atoms with Gasteiger partial charge < -0.3 is 21.1 Å². The van der Waals surface area contributed by atoms with E-state index >= 15 is 0 Å². The molecule has 240 valence electrons. The second-order valence-corrected chi connectivity index (χ2v) is 12.1. The molecule has 0 saturated heterocycles. The molecule has 1 amide bonds. The maximum Gasteiger partial charge on any atom is 0.472 e. The van der Waals surface area contributed by atoms with Crippen molar-refractivity contribution in [1.82, 2.24) is 5.32 Å². The summed E-state index contributed by atoms with van der Waals surface area (Å²) in [5.74, 6) is -0.214. The van der Waals surface area contributed by atoms with E-state index in [-0.39, 0.29) is 25.7 Å². The molecule has 0 rings (SSSR count). The van der Waals surface area contributed by atoms with Gasteiger partial charge in [0.05, 0.1) is 25.4 Å². The lowest BCUT2D eigenvalue weighted by atomic mass is 10.0. The third kappa shape index (κ3) is 27.3. The second kappa shape index (κ2) is 28.8. The average molecular weight is 601 g/mol. The molecule has 9 heteroatoms. The van der Waals surface area contributed by atoms with Gasteiger partial charge in [0.25, 0.3) is 0 Å². The number of carbonyl (C=O) groups is 1. The molecule has 3 unspecified atom stereocenters. The summed E-state index contributed by atoms with van der Waals surface area (Å²) in [6, 6.07) is -0.876. The van der Waals surface area contributed by atoms with Crippen LogP contribution >= 0.6 is 7.82 Å². The fraction of sp³-hybridized carbons (Fsp3) is 0.781. The van der Waals surface area contributed by atoms with Crippen LogP contribution < -0.4 is 11.1 Å². The van der Waals surface area contributed by atoms with Crippen LogP contribution in [0.5, 0.6) is 0 Å². The first-order valence-corrected chi connectivity index (χ1v) is 17.6. The van der Waals surface area contributed by atoms with Crippen molar-refractivity contribution in [2.24, 2.45) is 5.73 Å². The standard InChI is InChI=1S/C32H61N2O6P/c1-3-5-7-9-11-13-14-15-16-18-20-22-24-26-32(36)34-30(29-40-41(37,38)39-28-27-33)31(35)25-23-21-19-17-12-10-8-6-4-2/h4,6,12,17,23,25,30-31,35H,3,5,7-11,13-16,18-22,24,26-29,33H2,1-2H3,(H,34,36)(H,37,38)/b6-4+,17-12+,25-23+. The summed E-state index contributed by atoms with van der Waals surface area (Å²) in [5, 5.41) is 13.4. The molecule has 3 atom stereocenters. The number of amides is 1. The molecule has 8 nitrogen and oxygen atoms in total. The zero-order valence-electron chi connectivity index (χ0n) is 26.0. The minimum atomic E-state index is -4.33. The number of nitrogens with two attached hydrogens (primary N) is 1. The predicted octanol–water partition coefficient (Wildman–Crippen LogP) is 7.65. The zero-order valence-corrected chi connectivity index (χ0v) is 26.9. The molecule has 0 saturated carbocycles. The largest absolute Gasteiger partial charge is 0.472 e. The van der Waals surface area contributed by atoms with Gasteiger partial charge in [-0.2, -0.15) is 0 Å². The lowest BCUT2D eigenvalue weighted by Gasteiger charge is -2.23. The van der Waals surface area contributed by atoms with Crippen LogP contribution in [0.1, 0.15) is 129 Å². The molecule has 0 aromatic rings. The first-order chi connectivity index (χ1) is 19.9. The Labute approximate surface area is 250 Å². The number of unbranched alkanes of at least 4 members (excludes halogenated alkanes) is 14. The maximum absolute atomic E-state index is 12.6. The van der Waals surface area contributed by atoms with Gasteiger partial charge >= 0.3 is 7.82 Å². The van der Waals surface area contributed by atoms with Crippen molar-refractivity contribution in [3.63, 3.8) is 0 Å². The quantitative estimate of drug-likeness (QED) is 0.0394. The van der Waals surface area contributed by atoms with Crippen molar-refractivity contribution >= 4 is 13.7 Å². The van der Waals surface area contributed by atoms with Crippen molar-refractivity contribution in [2.75, 3.05) is 19.8 Å². The van der Waals surface area contributed by atoms with E-state index < -0.39 is 20.0 Å². The molecule has 0 spiro atoms. The molecule has 0 heterocycles. The van der Waals surface area contributed by atoms with Crippen LogP contribution in [0.3, 0.4) is 0 Å². The lowest BCUT2D eigenvalue weighted by molar-refractivity contribution is -0.123. The Morgan fingerprint density at radius 2 is 1.34 bits per heavy atom. The number of allylic oxidation sites excluding steroid dienone is 5. The van der Waals surface area contributed by atoms with E-state index in [2.05, 4.69) is 30.5 Å². The number of nitrogens with one attached hydrogen (secondary N) is 1. The summed E-state index contributed by atoms with van der Waals surface area (Å²) >= 11 is 0. The van der Waals surface area contributed by atoms with Crippen LogP contribution in [0, 0.1) is 0 Å². The Morgan fingerprint density at radius 1 is 0.829 bits per heavy atom. The Balaban J connectivity index is 4.42. The van der Waals surface area contributed by atoms with Gasteiger partial charge in [-0.3, -0.25) is 13.8 Å². The normalized spacial score (nSPS) is 15.1. The third-order valence-electron chi connectivity index (χ3n) is 6.79. The molecule has 0 aromatic carbocycles. The van der Waals surface area contributed by atoms with Gasteiger partial charge in [-0.05, 0) is 39.0 Å². The van der Waals surface area contributed by atoms with Crippen molar-refractivity contribution in [3.8, 4) is 0 Å². The molecule has 0 aliphatic carbocycles. The van der Waals surface area contributed by atoms with Gasteiger partial charge in [-0.15, -0.1) is 0 Å². The summed E-state index contributed by atoms with van der Waals surface area (Å²) in [6.07, 6.45) is 30.7. The van der Waals surface area contributed by atoms with Gasteiger partial charge in [0.15, 0.2) is 0 Å². The number of rotatable bonds is 29. The number of aliphatic hydroxyl groups is 1. The van der Waals surface area contributed by atoms with E-state index in [0.717, 1.165) is 44.9 Å². The Hall–Kier alpha value is -1.28. The molecule has 0 aliphatic heterocycles. The van der Waals surface area contributed by atoms with Gasteiger partial charge in [0, 0.05) is 13.0 Å². The molecule has 0 aromatic heterocycles. The zero-order chi connectivity index (χ0) is 30.4. The Morgan fingerprint density at radius 3 is 1.88 bits per heavy atom. The topological polar surface area (TPSA) is 131 Å². The smallest absolute Gasteiger partial charge is 0.387 e. The van der Waals surface area contributed by atoms with E-state index in [9.17, 15) is 19.4 Å². The van der Waals surface area contributed by atoms with E-state index in [1.807, 2.05) is 19.1 Å². The number of phosphoric acid groups is 1. The van der Waals surface area contributed by atoms with Crippen LogP contribution in [-0.2, 0) is 18.4 Å². The van der Waals surface area contributed by atoms with E-state index in [1.165, 1.54) is 64.2 Å². The number of hydrogen-bond acceptors (Lipinski definition) is 6. The number of phosphoric ester groups is 1. The van der Waals surface area contributed by atoms with Crippen molar-refractivity contribution in [1.29, 1.82) is 0 Å².